The van der Waals surface area contributed by atoms with Gasteiger partial charge in [0.05, 0.1) is 0 Å². The van der Waals surface area contributed by atoms with Crippen molar-refractivity contribution in [2.75, 3.05) is 5.32 Å². The normalized spacial score (nSPS) is 10.4. The quantitative estimate of drug-likeness (QED) is 0.795. The fraction of sp³-hybridized carbons (Fsp3) is 0.125. The molecule has 0 amide bonds. The number of benzene rings is 1. The van der Waals surface area contributed by atoms with Crippen LogP contribution in [-0.2, 0) is 0 Å². The maximum atomic E-state index is 4.46. The van der Waals surface area contributed by atoms with Gasteiger partial charge in [-0.1, -0.05) is 12.1 Å². The number of nitrogens with zero attached hydrogens (tertiary/aromatic N) is 4. The Morgan fingerprint density at radius 2 is 1.86 bits per heavy atom. The fourth-order valence-electron chi connectivity index (χ4n) is 2.06. The minimum atomic E-state index is 0.522. The standard InChI is InChI=1S/C16H15N5/c1-11-5-3-6-13(9-11)20-16-19-10-18-15(21-16)14-7-4-8-17-12(14)2/h3-10H,1-2H3,(H,18,19,20,21). The smallest absolute Gasteiger partial charge is 0.230 e. The molecule has 0 aliphatic heterocycles. The van der Waals surface area contributed by atoms with Crippen LogP contribution >= 0.6 is 0 Å². The van der Waals surface area contributed by atoms with Gasteiger partial charge >= 0.3 is 0 Å². The molecule has 0 aliphatic carbocycles. The molecule has 21 heavy (non-hydrogen) atoms. The highest BCUT2D eigenvalue weighted by Crippen LogP contribution is 2.19. The third kappa shape index (κ3) is 3.02. The van der Waals surface area contributed by atoms with E-state index in [1.165, 1.54) is 11.9 Å². The van der Waals surface area contributed by atoms with Crippen LogP contribution in [0.3, 0.4) is 0 Å². The van der Waals surface area contributed by atoms with Gasteiger partial charge in [0.1, 0.15) is 6.33 Å². The number of aromatic nitrogens is 4. The topological polar surface area (TPSA) is 63.6 Å². The van der Waals surface area contributed by atoms with Crippen molar-refractivity contribution in [1.82, 2.24) is 19.9 Å². The van der Waals surface area contributed by atoms with Gasteiger partial charge in [0, 0.05) is 23.1 Å². The summed E-state index contributed by atoms with van der Waals surface area (Å²) in [6.45, 7) is 3.98. The van der Waals surface area contributed by atoms with E-state index in [1.54, 1.807) is 6.20 Å². The Balaban J connectivity index is 1.92. The number of aryl methyl sites for hydroxylation is 2. The molecule has 0 saturated heterocycles. The van der Waals surface area contributed by atoms with E-state index in [9.17, 15) is 0 Å². The lowest BCUT2D eigenvalue weighted by molar-refractivity contribution is 1.05. The van der Waals surface area contributed by atoms with Crippen LogP contribution in [0.1, 0.15) is 11.3 Å². The predicted molar refractivity (Wildman–Crippen MR) is 82.3 cm³/mol. The molecular weight excluding hydrogens is 262 g/mol. The van der Waals surface area contributed by atoms with Crippen molar-refractivity contribution in [3.05, 3.63) is 60.2 Å². The second-order valence-corrected chi connectivity index (χ2v) is 4.76. The van der Waals surface area contributed by atoms with E-state index in [-0.39, 0.29) is 0 Å². The van der Waals surface area contributed by atoms with E-state index >= 15 is 0 Å². The van der Waals surface area contributed by atoms with Gasteiger partial charge in [-0.3, -0.25) is 4.98 Å². The molecule has 104 valence electrons. The summed E-state index contributed by atoms with van der Waals surface area (Å²) in [5.74, 6) is 1.14. The lowest BCUT2D eigenvalue weighted by Gasteiger charge is -2.07. The first-order chi connectivity index (χ1) is 10.2. The minimum Gasteiger partial charge on any atom is -0.324 e. The average Bonchev–Trinajstić information content (AvgIpc) is 2.48. The molecule has 2 heterocycles. The van der Waals surface area contributed by atoms with Gasteiger partial charge in [0.15, 0.2) is 5.82 Å². The van der Waals surface area contributed by atoms with Crippen LogP contribution in [0.2, 0.25) is 0 Å². The van der Waals surface area contributed by atoms with E-state index in [1.807, 2.05) is 50.2 Å². The van der Waals surface area contributed by atoms with E-state index in [0.717, 1.165) is 16.9 Å². The Bertz CT molecular complexity index is 770. The van der Waals surface area contributed by atoms with Crippen molar-refractivity contribution in [3.63, 3.8) is 0 Å². The SMILES string of the molecule is Cc1cccc(Nc2ncnc(-c3cccnc3C)n2)c1. The third-order valence-electron chi connectivity index (χ3n) is 3.09. The van der Waals surface area contributed by atoms with E-state index in [0.29, 0.717) is 11.8 Å². The van der Waals surface area contributed by atoms with Crippen LogP contribution in [0.25, 0.3) is 11.4 Å². The molecule has 0 bridgehead atoms. The molecular formula is C16H15N5. The highest BCUT2D eigenvalue weighted by Gasteiger charge is 2.07. The van der Waals surface area contributed by atoms with Gasteiger partial charge in [0.25, 0.3) is 0 Å². The first kappa shape index (κ1) is 13.2. The maximum absolute atomic E-state index is 4.46. The zero-order valence-corrected chi connectivity index (χ0v) is 11.9. The van der Waals surface area contributed by atoms with Crippen molar-refractivity contribution >= 4 is 11.6 Å². The summed E-state index contributed by atoms with van der Waals surface area (Å²) < 4.78 is 0. The lowest BCUT2D eigenvalue weighted by Crippen LogP contribution is -2.01. The molecule has 0 radical (unpaired) electrons. The Morgan fingerprint density at radius 1 is 0.952 bits per heavy atom. The molecule has 0 atom stereocenters. The largest absolute Gasteiger partial charge is 0.324 e. The Kier molecular flexibility index (Phi) is 3.55. The summed E-state index contributed by atoms with van der Waals surface area (Å²) in [6, 6.07) is 11.9. The lowest BCUT2D eigenvalue weighted by atomic mass is 10.2. The number of nitrogens with one attached hydrogen (secondary N) is 1. The van der Waals surface area contributed by atoms with Gasteiger partial charge in [-0.15, -0.1) is 0 Å². The van der Waals surface area contributed by atoms with Crippen molar-refractivity contribution < 1.29 is 0 Å². The molecule has 0 saturated carbocycles. The first-order valence-electron chi connectivity index (χ1n) is 6.67. The third-order valence-corrected chi connectivity index (χ3v) is 3.09. The van der Waals surface area contributed by atoms with Gasteiger partial charge in [0.2, 0.25) is 5.95 Å². The summed E-state index contributed by atoms with van der Waals surface area (Å²) in [5, 5.41) is 3.19. The van der Waals surface area contributed by atoms with Crippen molar-refractivity contribution in [3.8, 4) is 11.4 Å². The monoisotopic (exact) mass is 277 g/mol. The zero-order valence-electron chi connectivity index (χ0n) is 11.9. The van der Waals surface area contributed by atoms with Crippen LogP contribution in [0, 0.1) is 13.8 Å². The predicted octanol–water partition coefficient (Wildman–Crippen LogP) is 3.29. The van der Waals surface area contributed by atoms with Crippen molar-refractivity contribution in [2.24, 2.45) is 0 Å². The molecule has 1 N–H and O–H groups in total. The Morgan fingerprint density at radius 3 is 2.67 bits per heavy atom. The highest BCUT2D eigenvalue weighted by atomic mass is 15.1. The summed E-state index contributed by atoms with van der Waals surface area (Å²) in [4.78, 5) is 17.1. The van der Waals surface area contributed by atoms with Crippen molar-refractivity contribution in [1.29, 1.82) is 0 Å². The number of rotatable bonds is 3. The molecule has 0 unspecified atom stereocenters. The van der Waals surface area contributed by atoms with E-state index < -0.39 is 0 Å². The van der Waals surface area contributed by atoms with E-state index in [4.69, 9.17) is 0 Å². The van der Waals surface area contributed by atoms with Crippen LogP contribution < -0.4 is 5.32 Å². The molecule has 0 aliphatic rings. The average molecular weight is 277 g/mol. The number of pyridine rings is 1. The van der Waals surface area contributed by atoms with Crippen molar-refractivity contribution in [2.45, 2.75) is 13.8 Å². The molecule has 3 rings (SSSR count). The summed E-state index contributed by atoms with van der Waals surface area (Å²) in [6.07, 6.45) is 3.26. The van der Waals surface area contributed by atoms with Gasteiger partial charge in [-0.2, -0.15) is 4.98 Å². The fourth-order valence-corrected chi connectivity index (χ4v) is 2.06. The minimum absolute atomic E-state index is 0.522. The molecule has 0 fully saturated rings. The summed E-state index contributed by atoms with van der Waals surface area (Å²) in [5.41, 5.74) is 3.94. The second kappa shape index (κ2) is 5.66. The van der Waals surface area contributed by atoms with Crippen LogP contribution in [-0.4, -0.2) is 19.9 Å². The Labute approximate surface area is 123 Å². The Hall–Kier alpha value is -2.82. The van der Waals surface area contributed by atoms with Gasteiger partial charge in [-0.05, 0) is 43.7 Å². The van der Waals surface area contributed by atoms with Crippen LogP contribution in [0.15, 0.2) is 48.9 Å². The molecule has 2 aromatic heterocycles. The second-order valence-electron chi connectivity index (χ2n) is 4.76. The van der Waals surface area contributed by atoms with E-state index in [2.05, 4.69) is 25.3 Å². The molecule has 5 heteroatoms. The van der Waals surface area contributed by atoms with Gasteiger partial charge < -0.3 is 5.32 Å². The molecule has 5 nitrogen and oxygen atoms in total. The highest BCUT2D eigenvalue weighted by molar-refractivity contribution is 5.60. The molecule has 0 spiro atoms. The maximum Gasteiger partial charge on any atom is 0.230 e. The first-order valence-corrected chi connectivity index (χ1v) is 6.67. The summed E-state index contributed by atoms with van der Waals surface area (Å²) >= 11 is 0. The molecule has 3 aromatic rings. The zero-order chi connectivity index (χ0) is 14.7. The summed E-state index contributed by atoms with van der Waals surface area (Å²) in [7, 11) is 0. The van der Waals surface area contributed by atoms with Crippen LogP contribution in [0.5, 0.6) is 0 Å². The molecule has 1 aromatic carbocycles. The van der Waals surface area contributed by atoms with Gasteiger partial charge in [-0.25, -0.2) is 9.97 Å². The van der Waals surface area contributed by atoms with Crippen LogP contribution in [0.4, 0.5) is 11.6 Å². The number of anilines is 2. The number of hydrogen-bond donors (Lipinski definition) is 1. The number of hydrogen-bond acceptors (Lipinski definition) is 5.